The molecule has 4 aliphatic heterocycles. The van der Waals surface area contributed by atoms with E-state index in [4.69, 9.17) is 14.7 Å². The number of aromatic nitrogens is 2. The van der Waals surface area contributed by atoms with E-state index in [1.165, 1.54) is 17.2 Å². The van der Waals surface area contributed by atoms with Crippen LogP contribution in [0, 0.1) is 17.7 Å². The van der Waals surface area contributed by atoms with Gasteiger partial charge in [-0.05, 0) is 67.5 Å². The van der Waals surface area contributed by atoms with Gasteiger partial charge < -0.3 is 24.7 Å². The Morgan fingerprint density at radius 2 is 1.84 bits per heavy atom. The molecule has 3 aromatic rings. The van der Waals surface area contributed by atoms with Crippen molar-refractivity contribution in [1.82, 2.24) is 14.9 Å². The Hall–Kier alpha value is -3.69. The second-order valence-corrected chi connectivity index (χ2v) is 14.2. The van der Waals surface area contributed by atoms with Crippen molar-refractivity contribution in [3.05, 3.63) is 71.2 Å². The molecule has 45 heavy (non-hydrogen) atoms. The number of aliphatic hydroxyl groups is 1. The number of aryl methyl sites for hydroxylation is 1. The fourth-order valence-electron chi connectivity index (χ4n) is 9.05. The van der Waals surface area contributed by atoms with E-state index in [9.17, 15) is 10.2 Å². The largest absolute Gasteiger partial charge is 0.508 e. The van der Waals surface area contributed by atoms with Crippen molar-refractivity contribution in [3.8, 4) is 11.8 Å². The van der Waals surface area contributed by atoms with Gasteiger partial charge in [0.1, 0.15) is 24.0 Å². The maximum atomic E-state index is 15.0. The molecule has 5 heterocycles. The maximum Gasteiger partial charge on any atom is 0.318 e. The van der Waals surface area contributed by atoms with Gasteiger partial charge in [-0.1, -0.05) is 37.3 Å². The SMILES string of the molecule is C=C1CN2CC(=C)CC2(COc2nc3c(c(N4C[C@@H]5C[C@H](C4)[C@H](O)C5)n2)CCN(c2cc(O)cc4ccc(F)c(CC)c24)C3)C1. The summed E-state index contributed by atoms with van der Waals surface area (Å²) < 4.78 is 21.5. The molecule has 4 fully saturated rings. The van der Waals surface area contributed by atoms with Crippen LogP contribution >= 0.6 is 0 Å². The number of aromatic hydroxyl groups is 1. The van der Waals surface area contributed by atoms with E-state index in [2.05, 4.69) is 27.9 Å². The summed E-state index contributed by atoms with van der Waals surface area (Å²) in [6, 6.07) is 7.06. The molecular weight excluding hydrogens is 569 g/mol. The van der Waals surface area contributed by atoms with Crippen LogP contribution in [0.2, 0.25) is 0 Å². The molecule has 8 rings (SSSR count). The predicted octanol–water partition coefficient (Wildman–Crippen LogP) is 5.15. The van der Waals surface area contributed by atoms with Crippen LogP contribution in [0.25, 0.3) is 10.8 Å². The number of ether oxygens (including phenoxy) is 1. The number of nitrogens with zero attached hydrogens (tertiary/aromatic N) is 5. The molecule has 236 valence electrons. The third-order valence-electron chi connectivity index (χ3n) is 11.0. The highest BCUT2D eigenvalue weighted by Crippen LogP contribution is 2.44. The van der Waals surface area contributed by atoms with E-state index in [0.29, 0.717) is 50.0 Å². The number of phenolic OH excluding ortho intramolecular Hbond substituents is 1. The van der Waals surface area contributed by atoms with Crippen molar-refractivity contribution in [3.63, 3.8) is 0 Å². The molecule has 2 aromatic carbocycles. The van der Waals surface area contributed by atoms with Crippen LogP contribution in [0.4, 0.5) is 15.9 Å². The van der Waals surface area contributed by atoms with Gasteiger partial charge in [0.2, 0.25) is 0 Å². The summed E-state index contributed by atoms with van der Waals surface area (Å²) in [6.07, 6.45) is 4.68. The predicted molar refractivity (Wildman–Crippen MR) is 173 cm³/mol. The molecular formula is C36H42FN5O3. The number of halogens is 1. The molecule has 2 bridgehead atoms. The fourth-order valence-corrected chi connectivity index (χ4v) is 9.05. The van der Waals surface area contributed by atoms with Gasteiger partial charge in [0.25, 0.3) is 0 Å². The summed E-state index contributed by atoms with van der Waals surface area (Å²) in [5.41, 5.74) is 5.76. The number of phenols is 1. The fraction of sp³-hybridized carbons (Fsp3) is 0.500. The molecule has 3 saturated heterocycles. The molecule has 0 radical (unpaired) electrons. The molecule has 3 atom stereocenters. The van der Waals surface area contributed by atoms with E-state index in [-0.39, 0.29) is 29.1 Å². The molecule has 8 nitrogen and oxygen atoms in total. The Labute approximate surface area is 263 Å². The Bertz CT molecular complexity index is 1700. The molecule has 1 aliphatic carbocycles. The normalized spacial score (nSPS) is 25.7. The van der Waals surface area contributed by atoms with Crippen LogP contribution < -0.4 is 14.5 Å². The number of hydrogen-bond acceptors (Lipinski definition) is 8. The molecule has 5 aliphatic rings. The van der Waals surface area contributed by atoms with E-state index in [1.807, 2.05) is 6.92 Å². The molecule has 0 amide bonds. The Morgan fingerprint density at radius 1 is 1.04 bits per heavy atom. The van der Waals surface area contributed by atoms with Gasteiger partial charge in [0, 0.05) is 61.3 Å². The number of fused-ring (bicyclic) bond motifs is 5. The Balaban J connectivity index is 1.17. The monoisotopic (exact) mass is 611 g/mol. The highest BCUT2D eigenvalue weighted by Gasteiger charge is 2.48. The second-order valence-electron chi connectivity index (χ2n) is 14.2. The number of anilines is 2. The lowest BCUT2D eigenvalue weighted by atomic mass is 9.92. The maximum absolute atomic E-state index is 15.0. The molecule has 0 unspecified atom stereocenters. The summed E-state index contributed by atoms with van der Waals surface area (Å²) in [6.45, 7) is 15.5. The molecule has 9 heteroatoms. The van der Waals surface area contributed by atoms with Crippen LogP contribution in [-0.4, -0.2) is 76.1 Å². The number of piperidine rings is 1. The summed E-state index contributed by atoms with van der Waals surface area (Å²) in [7, 11) is 0. The van der Waals surface area contributed by atoms with Crippen LogP contribution in [0.15, 0.2) is 48.6 Å². The van der Waals surface area contributed by atoms with Gasteiger partial charge in [0.05, 0.1) is 23.9 Å². The minimum atomic E-state index is -0.257. The van der Waals surface area contributed by atoms with E-state index >= 15 is 4.39 Å². The van der Waals surface area contributed by atoms with E-state index < -0.39 is 0 Å². The number of benzene rings is 2. The molecule has 1 aromatic heterocycles. The van der Waals surface area contributed by atoms with Crippen LogP contribution in [0.5, 0.6) is 11.8 Å². The van der Waals surface area contributed by atoms with Gasteiger partial charge in [-0.15, -0.1) is 0 Å². The number of hydrogen-bond donors (Lipinski definition) is 2. The standard InChI is InChI=1S/C36H42FN5O3/c1-4-27-29(37)6-5-24-11-26(43)12-31(33(24)27)40-8-7-28-30(19-40)38-35(39-34(28)41-17-23-9-25(18-41)32(44)10-23)45-20-36-13-21(2)15-42(36)16-22(3)14-36/h5-6,11-12,23,25,32,43-44H,2-4,7-10,13-20H2,1H3/t23-,25-,32-/m1/s1. The molecule has 0 spiro atoms. The van der Waals surface area contributed by atoms with Crippen molar-refractivity contribution in [2.24, 2.45) is 11.8 Å². The van der Waals surface area contributed by atoms with Crippen LogP contribution in [-0.2, 0) is 19.4 Å². The minimum absolute atomic E-state index is 0.158. The lowest BCUT2D eigenvalue weighted by Gasteiger charge is -2.37. The smallest absolute Gasteiger partial charge is 0.318 e. The van der Waals surface area contributed by atoms with Crippen LogP contribution in [0.3, 0.4) is 0 Å². The average Bonchev–Trinajstić information content (AvgIpc) is 3.58. The summed E-state index contributed by atoms with van der Waals surface area (Å²) in [5, 5.41) is 23.0. The third-order valence-corrected chi connectivity index (χ3v) is 11.0. The number of rotatable bonds is 6. The summed E-state index contributed by atoms with van der Waals surface area (Å²) in [5.74, 6) is 1.55. The van der Waals surface area contributed by atoms with E-state index in [1.54, 1.807) is 18.2 Å². The zero-order chi connectivity index (χ0) is 31.0. The summed E-state index contributed by atoms with van der Waals surface area (Å²) >= 11 is 0. The lowest BCUT2D eigenvalue weighted by Crippen LogP contribution is -2.44. The first-order valence-electron chi connectivity index (χ1n) is 16.4. The van der Waals surface area contributed by atoms with Gasteiger partial charge in [-0.3, -0.25) is 4.90 Å². The Kier molecular flexibility index (Phi) is 6.84. The average molecular weight is 612 g/mol. The van der Waals surface area contributed by atoms with Gasteiger partial charge >= 0.3 is 6.01 Å². The zero-order valence-corrected chi connectivity index (χ0v) is 26.1. The van der Waals surface area contributed by atoms with E-state index in [0.717, 1.165) is 85.4 Å². The minimum Gasteiger partial charge on any atom is -0.508 e. The van der Waals surface area contributed by atoms with Crippen molar-refractivity contribution in [2.45, 2.75) is 63.6 Å². The van der Waals surface area contributed by atoms with Gasteiger partial charge in [-0.25, -0.2) is 4.39 Å². The van der Waals surface area contributed by atoms with Crippen molar-refractivity contribution in [1.29, 1.82) is 0 Å². The molecule has 1 saturated carbocycles. The first-order chi connectivity index (χ1) is 21.7. The summed E-state index contributed by atoms with van der Waals surface area (Å²) in [4.78, 5) is 17.1. The highest BCUT2D eigenvalue weighted by molar-refractivity contribution is 5.98. The van der Waals surface area contributed by atoms with Gasteiger partial charge in [-0.2, -0.15) is 9.97 Å². The molecule has 2 N–H and O–H groups in total. The third kappa shape index (κ3) is 4.86. The van der Waals surface area contributed by atoms with Crippen LogP contribution in [0.1, 0.15) is 49.4 Å². The van der Waals surface area contributed by atoms with Crippen molar-refractivity contribution in [2.75, 3.05) is 49.1 Å². The topological polar surface area (TPSA) is 85.2 Å². The lowest BCUT2D eigenvalue weighted by molar-refractivity contribution is 0.107. The highest BCUT2D eigenvalue weighted by atomic mass is 19.1. The number of aliphatic hydroxyl groups excluding tert-OH is 1. The van der Waals surface area contributed by atoms with Crippen molar-refractivity contribution >= 4 is 22.3 Å². The second kappa shape index (κ2) is 10.7. The quantitative estimate of drug-likeness (QED) is 0.371. The Morgan fingerprint density at radius 3 is 2.60 bits per heavy atom. The first-order valence-corrected chi connectivity index (χ1v) is 16.4. The first kappa shape index (κ1) is 28.8. The zero-order valence-electron chi connectivity index (χ0n) is 26.1. The van der Waals surface area contributed by atoms with Crippen molar-refractivity contribution < 1.29 is 19.3 Å². The van der Waals surface area contributed by atoms with Gasteiger partial charge in [0.15, 0.2) is 0 Å².